The number of fused-ring (bicyclic) bond motifs is 1. The lowest BCUT2D eigenvalue weighted by atomic mass is 10.1. The second-order valence-electron chi connectivity index (χ2n) is 4.66. The Kier molecular flexibility index (Phi) is 3.82. The van der Waals surface area contributed by atoms with Crippen molar-refractivity contribution in [2.75, 3.05) is 7.11 Å². The van der Waals surface area contributed by atoms with E-state index in [1.165, 1.54) is 25.3 Å². The minimum absolute atomic E-state index is 0.0679. The fraction of sp³-hybridized carbons (Fsp3) is 0.214. The zero-order chi connectivity index (χ0) is 17.5. The van der Waals surface area contributed by atoms with Crippen LogP contribution in [0.2, 0.25) is 0 Å². The fourth-order valence-corrected chi connectivity index (χ4v) is 2.13. The number of ether oxygens (including phenoxy) is 1. The lowest BCUT2D eigenvalue weighted by Gasteiger charge is -2.11. The molecule has 0 saturated heterocycles. The number of halogens is 5. The summed E-state index contributed by atoms with van der Waals surface area (Å²) in [6, 6.07) is 5.08. The summed E-state index contributed by atoms with van der Waals surface area (Å²) in [4.78, 5) is 6.89. The van der Waals surface area contributed by atoms with E-state index in [9.17, 15) is 22.0 Å². The highest BCUT2D eigenvalue weighted by Crippen LogP contribution is 2.37. The van der Waals surface area contributed by atoms with Gasteiger partial charge in [0.15, 0.2) is 11.5 Å². The zero-order valence-corrected chi connectivity index (χ0v) is 11.9. The van der Waals surface area contributed by atoms with E-state index in [4.69, 9.17) is 9.26 Å². The molecular formula is C14H8F5N3O2. The van der Waals surface area contributed by atoms with E-state index >= 15 is 0 Å². The van der Waals surface area contributed by atoms with Crippen LogP contribution in [0.1, 0.15) is 17.9 Å². The van der Waals surface area contributed by atoms with Crippen LogP contribution >= 0.6 is 0 Å². The molecule has 2 heterocycles. The molecule has 0 aliphatic carbocycles. The molecule has 0 spiro atoms. The summed E-state index contributed by atoms with van der Waals surface area (Å²) in [5, 5.41) is 3.24. The Bertz CT molecular complexity index is 892. The molecule has 0 unspecified atom stereocenters. The van der Waals surface area contributed by atoms with E-state index in [-0.39, 0.29) is 28.1 Å². The van der Waals surface area contributed by atoms with Crippen molar-refractivity contribution in [2.45, 2.75) is 12.6 Å². The van der Waals surface area contributed by atoms with Gasteiger partial charge in [-0.15, -0.1) is 0 Å². The maximum atomic E-state index is 13.0. The first-order valence-corrected chi connectivity index (χ1v) is 6.48. The molecule has 0 aliphatic rings. The third kappa shape index (κ3) is 2.74. The number of aromatic nitrogens is 3. The summed E-state index contributed by atoms with van der Waals surface area (Å²) < 4.78 is 74.2. The number of hydrogen-bond donors (Lipinski definition) is 0. The quantitative estimate of drug-likeness (QED) is 0.664. The van der Waals surface area contributed by atoms with Crippen LogP contribution in [0, 0.1) is 0 Å². The molecule has 10 heteroatoms. The molecule has 126 valence electrons. The SMILES string of the molecule is COc1cccc2nc(C(F)(F)F)nc(-c3cc(C(F)F)no3)c12. The molecule has 0 saturated carbocycles. The van der Waals surface area contributed by atoms with Crippen molar-refractivity contribution >= 4 is 10.9 Å². The monoisotopic (exact) mass is 345 g/mol. The van der Waals surface area contributed by atoms with Gasteiger partial charge in [-0.25, -0.2) is 18.7 Å². The van der Waals surface area contributed by atoms with Crippen LogP contribution in [0.5, 0.6) is 5.75 Å². The predicted molar refractivity (Wildman–Crippen MR) is 71.5 cm³/mol. The van der Waals surface area contributed by atoms with E-state index in [0.717, 1.165) is 6.07 Å². The number of nitrogens with zero attached hydrogens (tertiary/aromatic N) is 3. The van der Waals surface area contributed by atoms with E-state index in [0.29, 0.717) is 0 Å². The molecule has 0 radical (unpaired) electrons. The van der Waals surface area contributed by atoms with Crippen molar-refractivity contribution in [3.05, 3.63) is 35.8 Å². The van der Waals surface area contributed by atoms with Gasteiger partial charge in [0.25, 0.3) is 6.43 Å². The summed E-state index contributed by atoms with van der Waals surface area (Å²) >= 11 is 0. The van der Waals surface area contributed by atoms with Crippen molar-refractivity contribution in [2.24, 2.45) is 0 Å². The third-order valence-corrected chi connectivity index (χ3v) is 3.14. The topological polar surface area (TPSA) is 61.0 Å². The molecule has 1 aromatic carbocycles. The summed E-state index contributed by atoms with van der Waals surface area (Å²) in [6.45, 7) is 0. The van der Waals surface area contributed by atoms with Gasteiger partial charge < -0.3 is 9.26 Å². The summed E-state index contributed by atoms with van der Waals surface area (Å²) in [5.41, 5.74) is -1.11. The van der Waals surface area contributed by atoms with Crippen LogP contribution in [0.4, 0.5) is 22.0 Å². The molecule has 0 bridgehead atoms. The smallest absolute Gasteiger partial charge is 0.451 e. The highest BCUT2D eigenvalue weighted by Gasteiger charge is 2.36. The molecule has 0 atom stereocenters. The van der Waals surface area contributed by atoms with Crippen LogP contribution in [0.15, 0.2) is 28.8 Å². The molecule has 2 aromatic heterocycles. The van der Waals surface area contributed by atoms with Crippen LogP contribution < -0.4 is 4.74 Å². The van der Waals surface area contributed by atoms with Crippen LogP contribution in [-0.2, 0) is 6.18 Å². The first-order valence-electron chi connectivity index (χ1n) is 6.48. The van der Waals surface area contributed by atoms with Gasteiger partial charge in [-0.2, -0.15) is 13.2 Å². The van der Waals surface area contributed by atoms with Crippen molar-refractivity contribution in [3.63, 3.8) is 0 Å². The van der Waals surface area contributed by atoms with Crippen LogP contribution in [0.25, 0.3) is 22.4 Å². The second kappa shape index (κ2) is 5.69. The predicted octanol–water partition coefficient (Wildman–Crippen LogP) is 4.25. The van der Waals surface area contributed by atoms with Gasteiger partial charge in [-0.05, 0) is 12.1 Å². The van der Waals surface area contributed by atoms with E-state index in [1.54, 1.807) is 0 Å². The molecule has 3 aromatic rings. The summed E-state index contributed by atoms with van der Waals surface area (Å²) in [6.07, 6.45) is -7.75. The Morgan fingerprint density at radius 1 is 1.17 bits per heavy atom. The van der Waals surface area contributed by atoms with Gasteiger partial charge in [-0.1, -0.05) is 11.2 Å². The molecule has 24 heavy (non-hydrogen) atoms. The lowest BCUT2D eigenvalue weighted by Crippen LogP contribution is -2.12. The molecule has 3 rings (SSSR count). The summed E-state index contributed by atoms with van der Waals surface area (Å²) in [5.74, 6) is -1.59. The van der Waals surface area contributed by atoms with E-state index in [1.807, 2.05) is 0 Å². The van der Waals surface area contributed by atoms with Gasteiger partial charge in [-0.3, -0.25) is 0 Å². The second-order valence-corrected chi connectivity index (χ2v) is 4.66. The minimum atomic E-state index is -4.82. The highest BCUT2D eigenvalue weighted by molar-refractivity contribution is 5.96. The lowest BCUT2D eigenvalue weighted by molar-refractivity contribution is -0.144. The van der Waals surface area contributed by atoms with Gasteiger partial charge in [0.1, 0.15) is 11.4 Å². The standard InChI is InChI=1S/C14H8F5N3O2/c1-23-8-4-2-3-6-10(8)11(21-13(20-6)14(17,18)19)9-5-7(12(15)16)22-24-9/h2-5,12H,1H3. The molecule has 0 amide bonds. The third-order valence-electron chi connectivity index (χ3n) is 3.14. The largest absolute Gasteiger partial charge is 0.496 e. The van der Waals surface area contributed by atoms with Gasteiger partial charge in [0.05, 0.1) is 18.0 Å². The average molecular weight is 345 g/mol. The number of rotatable bonds is 3. The molecule has 5 nitrogen and oxygen atoms in total. The van der Waals surface area contributed by atoms with Crippen molar-refractivity contribution < 1.29 is 31.2 Å². The maximum absolute atomic E-state index is 13.0. The number of methoxy groups -OCH3 is 1. The zero-order valence-electron chi connectivity index (χ0n) is 11.9. The van der Waals surface area contributed by atoms with Gasteiger partial charge >= 0.3 is 6.18 Å². The van der Waals surface area contributed by atoms with Gasteiger partial charge in [0, 0.05) is 6.07 Å². The Balaban J connectivity index is 2.33. The van der Waals surface area contributed by atoms with Crippen LogP contribution in [0.3, 0.4) is 0 Å². The van der Waals surface area contributed by atoms with Crippen molar-refractivity contribution in [3.8, 4) is 17.2 Å². The Hall–Kier alpha value is -2.78. The number of benzene rings is 1. The maximum Gasteiger partial charge on any atom is 0.451 e. The average Bonchev–Trinajstić information content (AvgIpc) is 3.02. The van der Waals surface area contributed by atoms with E-state index in [2.05, 4.69) is 15.1 Å². The Labute approximate surface area is 131 Å². The number of hydrogen-bond acceptors (Lipinski definition) is 5. The first-order chi connectivity index (χ1) is 11.3. The highest BCUT2D eigenvalue weighted by atomic mass is 19.4. The fourth-order valence-electron chi connectivity index (χ4n) is 2.13. The Morgan fingerprint density at radius 2 is 1.92 bits per heavy atom. The molecular weight excluding hydrogens is 337 g/mol. The summed E-state index contributed by atoms with van der Waals surface area (Å²) in [7, 11) is 1.31. The number of alkyl halides is 5. The molecule has 0 aliphatic heterocycles. The Morgan fingerprint density at radius 3 is 2.50 bits per heavy atom. The minimum Gasteiger partial charge on any atom is -0.496 e. The first kappa shape index (κ1) is 16.1. The van der Waals surface area contributed by atoms with Gasteiger partial charge in [0.2, 0.25) is 5.82 Å². The molecule has 0 fully saturated rings. The molecule has 0 N–H and O–H groups in total. The normalized spacial score (nSPS) is 12.1. The van der Waals surface area contributed by atoms with E-state index < -0.39 is 24.1 Å². The van der Waals surface area contributed by atoms with Crippen LogP contribution in [-0.4, -0.2) is 22.2 Å². The van der Waals surface area contributed by atoms with Crippen molar-refractivity contribution in [1.82, 2.24) is 15.1 Å². The van der Waals surface area contributed by atoms with Crippen molar-refractivity contribution in [1.29, 1.82) is 0 Å².